The van der Waals surface area contributed by atoms with Gasteiger partial charge >= 0.3 is 0 Å². The van der Waals surface area contributed by atoms with Crippen molar-refractivity contribution >= 4 is 23.5 Å². The van der Waals surface area contributed by atoms with Crippen LogP contribution in [0.3, 0.4) is 0 Å². The smallest absolute Gasteiger partial charge is 0.258 e. The first kappa shape index (κ1) is 11.4. The van der Waals surface area contributed by atoms with Gasteiger partial charge in [0.15, 0.2) is 0 Å². The number of nitrogens with one attached hydrogen (secondary N) is 2. The molecule has 19 heavy (non-hydrogen) atoms. The number of carbonyl (C=O) groups excluding carboxylic acids is 2. The van der Waals surface area contributed by atoms with Gasteiger partial charge in [0.05, 0.1) is 6.42 Å². The third-order valence-corrected chi connectivity index (χ3v) is 2.93. The summed E-state index contributed by atoms with van der Waals surface area (Å²) in [5.41, 5.74) is 2.06. The molecule has 2 aromatic rings. The third-order valence-electron chi connectivity index (χ3n) is 2.93. The van der Waals surface area contributed by atoms with Crippen LogP contribution < -0.4 is 10.6 Å². The van der Waals surface area contributed by atoms with Gasteiger partial charge < -0.3 is 5.32 Å². The topological polar surface area (TPSA) is 88.9 Å². The molecule has 0 saturated carbocycles. The van der Waals surface area contributed by atoms with E-state index in [0.717, 1.165) is 5.56 Å². The lowest BCUT2D eigenvalue weighted by atomic mass is 10.1. The van der Waals surface area contributed by atoms with Gasteiger partial charge in [-0.3, -0.25) is 14.9 Å². The minimum Gasteiger partial charge on any atom is -0.326 e. The number of carbonyl (C=O) groups is 2. The van der Waals surface area contributed by atoms with E-state index in [-0.39, 0.29) is 11.8 Å². The van der Waals surface area contributed by atoms with Crippen molar-refractivity contribution in [2.24, 2.45) is 7.05 Å². The van der Waals surface area contributed by atoms with Crippen LogP contribution in [-0.2, 0) is 18.3 Å². The van der Waals surface area contributed by atoms with E-state index in [1.807, 2.05) is 0 Å². The second kappa shape index (κ2) is 4.20. The average Bonchev–Trinajstić information content (AvgIpc) is 2.93. The van der Waals surface area contributed by atoms with E-state index in [0.29, 0.717) is 23.6 Å². The quantitative estimate of drug-likeness (QED) is 0.822. The van der Waals surface area contributed by atoms with Gasteiger partial charge in [-0.2, -0.15) is 10.1 Å². The van der Waals surface area contributed by atoms with Crippen LogP contribution in [-0.4, -0.2) is 26.6 Å². The van der Waals surface area contributed by atoms with Gasteiger partial charge in [-0.05, 0) is 17.7 Å². The van der Waals surface area contributed by atoms with Gasteiger partial charge in [-0.15, -0.1) is 0 Å². The molecule has 0 spiro atoms. The van der Waals surface area contributed by atoms with Gasteiger partial charge in [0.2, 0.25) is 11.9 Å². The van der Waals surface area contributed by atoms with E-state index in [4.69, 9.17) is 0 Å². The largest absolute Gasteiger partial charge is 0.326 e. The lowest BCUT2D eigenvalue weighted by molar-refractivity contribution is -0.115. The highest BCUT2D eigenvalue weighted by atomic mass is 16.2. The maximum Gasteiger partial charge on any atom is 0.258 e. The first-order valence-corrected chi connectivity index (χ1v) is 5.71. The van der Waals surface area contributed by atoms with Gasteiger partial charge in [-0.1, -0.05) is 6.07 Å². The second-order valence-electron chi connectivity index (χ2n) is 4.26. The number of hydrogen-bond donors (Lipinski definition) is 2. The van der Waals surface area contributed by atoms with E-state index >= 15 is 0 Å². The van der Waals surface area contributed by atoms with Crippen LogP contribution in [0, 0.1) is 0 Å². The summed E-state index contributed by atoms with van der Waals surface area (Å²) in [7, 11) is 1.69. The van der Waals surface area contributed by atoms with Crippen molar-refractivity contribution in [2.75, 3.05) is 10.6 Å². The molecule has 0 radical (unpaired) electrons. The molecule has 1 aromatic heterocycles. The molecule has 96 valence electrons. The van der Waals surface area contributed by atoms with Crippen molar-refractivity contribution in [3.05, 3.63) is 35.7 Å². The Morgan fingerprint density at radius 1 is 1.47 bits per heavy atom. The second-order valence-corrected chi connectivity index (χ2v) is 4.26. The summed E-state index contributed by atoms with van der Waals surface area (Å²) >= 11 is 0. The molecule has 7 nitrogen and oxygen atoms in total. The zero-order chi connectivity index (χ0) is 13.4. The Balaban J connectivity index is 1.83. The molecule has 0 saturated heterocycles. The summed E-state index contributed by atoms with van der Waals surface area (Å²) in [4.78, 5) is 27.2. The van der Waals surface area contributed by atoms with Crippen molar-refractivity contribution in [3.8, 4) is 0 Å². The van der Waals surface area contributed by atoms with E-state index in [2.05, 4.69) is 20.7 Å². The maximum atomic E-state index is 12.0. The monoisotopic (exact) mass is 257 g/mol. The van der Waals surface area contributed by atoms with Gasteiger partial charge in [0.1, 0.15) is 6.33 Å². The number of anilines is 2. The first-order chi connectivity index (χ1) is 9.13. The number of fused-ring (bicyclic) bond motifs is 1. The molecule has 2 heterocycles. The molecule has 1 aromatic carbocycles. The molecule has 2 N–H and O–H groups in total. The lowest BCUT2D eigenvalue weighted by Crippen LogP contribution is -2.15. The van der Waals surface area contributed by atoms with Gasteiger partial charge in [-0.25, -0.2) is 4.68 Å². The Labute approximate surface area is 108 Å². The molecule has 1 aliphatic rings. The Morgan fingerprint density at radius 2 is 2.32 bits per heavy atom. The summed E-state index contributed by atoms with van der Waals surface area (Å²) < 4.78 is 1.47. The summed E-state index contributed by atoms with van der Waals surface area (Å²) in [5, 5.41) is 9.22. The average molecular weight is 257 g/mol. The molecule has 0 atom stereocenters. The molecule has 0 unspecified atom stereocenters. The summed E-state index contributed by atoms with van der Waals surface area (Å²) in [5.74, 6) is 0.0236. The van der Waals surface area contributed by atoms with Crippen LogP contribution in [0.5, 0.6) is 0 Å². The van der Waals surface area contributed by atoms with E-state index < -0.39 is 0 Å². The molecule has 1 aliphatic heterocycles. The van der Waals surface area contributed by atoms with Crippen molar-refractivity contribution in [3.63, 3.8) is 0 Å². The minimum absolute atomic E-state index is 0.0548. The molecule has 0 aliphatic carbocycles. The lowest BCUT2D eigenvalue weighted by Gasteiger charge is -2.05. The number of benzene rings is 1. The fourth-order valence-corrected chi connectivity index (χ4v) is 1.94. The van der Waals surface area contributed by atoms with Crippen molar-refractivity contribution in [2.45, 2.75) is 6.42 Å². The predicted molar refractivity (Wildman–Crippen MR) is 67.7 cm³/mol. The summed E-state index contributed by atoms with van der Waals surface area (Å²) in [6, 6.07) is 5.12. The van der Waals surface area contributed by atoms with Crippen LogP contribution in [0.25, 0.3) is 0 Å². The Hall–Kier alpha value is -2.70. The van der Waals surface area contributed by atoms with E-state index in [9.17, 15) is 9.59 Å². The molecule has 0 fully saturated rings. The molecular weight excluding hydrogens is 246 g/mol. The third kappa shape index (κ3) is 2.05. The van der Waals surface area contributed by atoms with Gasteiger partial charge in [0.25, 0.3) is 5.91 Å². The number of amides is 2. The van der Waals surface area contributed by atoms with E-state index in [1.54, 1.807) is 25.2 Å². The predicted octanol–water partition coefficient (Wildman–Crippen LogP) is 0.562. The zero-order valence-electron chi connectivity index (χ0n) is 10.2. The number of rotatable bonds is 2. The number of aromatic nitrogens is 3. The first-order valence-electron chi connectivity index (χ1n) is 5.71. The van der Waals surface area contributed by atoms with Gasteiger partial charge in [0, 0.05) is 18.3 Å². The fraction of sp³-hybridized carbons (Fsp3) is 0.167. The highest BCUT2D eigenvalue weighted by molar-refractivity contribution is 6.06. The Kier molecular flexibility index (Phi) is 2.52. The van der Waals surface area contributed by atoms with Crippen LogP contribution >= 0.6 is 0 Å². The van der Waals surface area contributed by atoms with Crippen molar-refractivity contribution in [1.29, 1.82) is 0 Å². The highest BCUT2D eigenvalue weighted by Gasteiger charge is 2.19. The zero-order valence-corrected chi connectivity index (χ0v) is 10.2. The molecule has 2 amide bonds. The fourth-order valence-electron chi connectivity index (χ4n) is 1.94. The highest BCUT2D eigenvalue weighted by Crippen LogP contribution is 2.24. The number of nitrogens with zero attached hydrogens (tertiary/aromatic N) is 3. The standard InChI is InChI=1S/C12H11N5O2/c1-17-12(13-6-14-17)16-11(19)8-3-2-7-5-10(18)15-9(7)4-8/h2-4,6H,5H2,1H3,(H,15,18)(H,13,14,16,19). The van der Waals surface area contributed by atoms with Crippen LogP contribution in [0.2, 0.25) is 0 Å². The van der Waals surface area contributed by atoms with Crippen LogP contribution in [0.4, 0.5) is 11.6 Å². The Morgan fingerprint density at radius 3 is 3.05 bits per heavy atom. The Bertz CT molecular complexity index is 677. The molecule has 3 rings (SSSR count). The minimum atomic E-state index is -0.292. The van der Waals surface area contributed by atoms with Crippen molar-refractivity contribution < 1.29 is 9.59 Å². The molecule has 0 bridgehead atoms. The van der Waals surface area contributed by atoms with E-state index in [1.165, 1.54) is 11.0 Å². The SMILES string of the molecule is Cn1ncnc1NC(=O)c1ccc2c(c1)NC(=O)C2. The summed E-state index contributed by atoms with van der Waals surface area (Å²) in [6.07, 6.45) is 1.72. The maximum absolute atomic E-state index is 12.0. The summed E-state index contributed by atoms with van der Waals surface area (Å²) in [6.45, 7) is 0. The molecule has 7 heteroatoms. The number of aryl methyl sites for hydroxylation is 1. The molecular formula is C12H11N5O2. The number of hydrogen-bond acceptors (Lipinski definition) is 4. The van der Waals surface area contributed by atoms with Crippen molar-refractivity contribution in [1.82, 2.24) is 14.8 Å². The van der Waals surface area contributed by atoms with Crippen LogP contribution in [0.15, 0.2) is 24.5 Å². The normalized spacial score (nSPS) is 13.0. The van der Waals surface area contributed by atoms with Crippen LogP contribution in [0.1, 0.15) is 15.9 Å².